The molecule has 0 aromatic carbocycles. The van der Waals surface area contributed by atoms with Crippen molar-refractivity contribution in [3.8, 4) is 0 Å². The molecule has 20 heavy (non-hydrogen) atoms. The predicted octanol–water partition coefficient (Wildman–Crippen LogP) is 2.45. The van der Waals surface area contributed by atoms with E-state index in [1.54, 1.807) is 0 Å². The number of morpholine rings is 1. The van der Waals surface area contributed by atoms with E-state index in [-0.39, 0.29) is 0 Å². The van der Waals surface area contributed by atoms with E-state index in [0.29, 0.717) is 12.2 Å². The Balaban J connectivity index is 1.57. The number of likely N-dealkylation sites (tertiary alicyclic amines) is 1. The number of rotatable bonds is 6. The summed E-state index contributed by atoms with van der Waals surface area (Å²) in [4.78, 5) is 2.52. The van der Waals surface area contributed by atoms with Crippen LogP contribution in [-0.4, -0.2) is 36.7 Å². The van der Waals surface area contributed by atoms with Crippen LogP contribution in [0.3, 0.4) is 0 Å². The molecule has 0 aliphatic carbocycles. The van der Waals surface area contributed by atoms with E-state index < -0.39 is 0 Å². The van der Waals surface area contributed by atoms with Gasteiger partial charge in [0.15, 0.2) is 0 Å². The highest BCUT2D eigenvalue weighted by molar-refractivity contribution is 5.21. The molecule has 1 N–H and O–H groups in total. The minimum atomic E-state index is 0.464. The third kappa shape index (κ3) is 3.25. The summed E-state index contributed by atoms with van der Waals surface area (Å²) < 4.78 is 11.7. The highest BCUT2D eigenvalue weighted by Gasteiger charge is 2.33. The van der Waals surface area contributed by atoms with E-state index in [2.05, 4.69) is 30.1 Å². The molecule has 1 aromatic rings. The molecule has 2 saturated heterocycles. The zero-order valence-electron chi connectivity index (χ0n) is 12.7. The molecule has 2 aliphatic heterocycles. The van der Waals surface area contributed by atoms with Crippen LogP contribution in [0.25, 0.3) is 0 Å². The third-order valence-electron chi connectivity index (χ3n) is 4.31. The first-order valence-electron chi connectivity index (χ1n) is 7.91. The van der Waals surface area contributed by atoms with E-state index >= 15 is 0 Å². The van der Waals surface area contributed by atoms with Crippen molar-refractivity contribution in [2.24, 2.45) is 0 Å². The summed E-state index contributed by atoms with van der Waals surface area (Å²) in [5, 5.41) is 3.39. The summed E-state index contributed by atoms with van der Waals surface area (Å²) in [5.41, 5.74) is 1.33. The van der Waals surface area contributed by atoms with Gasteiger partial charge < -0.3 is 14.5 Å². The molecule has 3 rings (SSSR count). The lowest BCUT2D eigenvalue weighted by molar-refractivity contribution is -0.0411. The molecular weight excluding hydrogens is 252 g/mol. The Bertz CT molecular complexity index is 432. The van der Waals surface area contributed by atoms with E-state index in [1.165, 1.54) is 18.4 Å². The first kappa shape index (κ1) is 14.1. The van der Waals surface area contributed by atoms with E-state index in [0.717, 1.165) is 50.7 Å². The number of aryl methyl sites for hydroxylation is 1. The number of nitrogens with one attached hydrogen (secondary N) is 1. The summed E-state index contributed by atoms with van der Waals surface area (Å²) in [6.07, 6.45) is 4.55. The van der Waals surface area contributed by atoms with Crippen molar-refractivity contribution in [1.29, 1.82) is 0 Å². The minimum Gasteiger partial charge on any atom is -0.465 e. The van der Waals surface area contributed by atoms with Gasteiger partial charge in [0.25, 0.3) is 0 Å². The lowest BCUT2D eigenvalue weighted by atomic mass is 10.2. The maximum absolute atomic E-state index is 5.89. The van der Waals surface area contributed by atoms with Gasteiger partial charge in [-0.1, -0.05) is 6.92 Å². The predicted molar refractivity (Wildman–Crippen MR) is 78.6 cm³/mol. The Labute approximate surface area is 121 Å². The molecule has 4 nitrogen and oxygen atoms in total. The highest BCUT2D eigenvalue weighted by Crippen LogP contribution is 2.28. The van der Waals surface area contributed by atoms with Crippen LogP contribution in [0.2, 0.25) is 0 Å². The number of nitrogens with zero attached hydrogens (tertiary/aromatic N) is 1. The smallest absolute Gasteiger partial charge is 0.118 e. The van der Waals surface area contributed by atoms with Crippen LogP contribution in [0.1, 0.15) is 43.3 Å². The SMILES string of the molecule is CCCNCc1cc(CN2CC3CCC(C2)O3)c(C)o1. The van der Waals surface area contributed by atoms with Crippen molar-refractivity contribution in [2.75, 3.05) is 19.6 Å². The lowest BCUT2D eigenvalue weighted by Gasteiger charge is -2.31. The average Bonchev–Trinajstić information content (AvgIpc) is 2.94. The molecule has 2 bridgehead atoms. The first-order valence-corrected chi connectivity index (χ1v) is 7.91. The maximum Gasteiger partial charge on any atom is 0.118 e. The Morgan fingerprint density at radius 2 is 2.05 bits per heavy atom. The fourth-order valence-electron chi connectivity index (χ4n) is 3.29. The van der Waals surface area contributed by atoms with Gasteiger partial charge in [-0.25, -0.2) is 0 Å². The van der Waals surface area contributed by atoms with E-state index in [9.17, 15) is 0 Å². The summed E-state index contributed by atoms with van der Waals surface area (Å²) in [6.45, 7) is 9.28. The van der Waals surface area contributed by atoms with Gasteiger partial charge >= 0.3 is 0 Å². The summed E-state index contributed by atoms with van der Waals surface area (Å²) in [7, 11) is 0. The maximum atomic E-state index is 5.89. The molecule has 2 unspecified atom stereocenters. The summed E-state index contributed by atoms with van der Waals surface area (Å²) in [6, 6.07) is 2.22. The van der Waals surface area contributed by atoms with Crippen LogP contribution in [0, 0.1) is 6.92 Å². The van der Waals surface area contributed by atoms with Gasteiger partial charge in [0.2, 0.25) is 0 Å². The monoisotopic (exact) mass is 278 g/mol. The third-order valence-corrected chi connectivity index (χ3v) is 4.31. The Hall–Kier alpha value is -0.840. The number of ether oxygens (including phenoxy) is 1. The second kappa shape index (κ2) is 6.29. The topological polar surface area (TPSA) is 37.6 Å². The largest absolute Gasteiger partial charge is 0.465 e. The molecule has 4 heteroatoms. The fraction of sp³-hybridized carbons (Fsp3) is 0.750. The molecule has 0 amide bonds. The van der Waals surface area contributed by atoms with Crippen molar-refractivity contribution in [2.45, 2.75) is 58.4 Å². The average molecular weight is 278 g/mol. The molecule has 0 spiro atoms. The lowest BCUT2D eigenvalue weighted by Crippen LogP contribution is -2.42. The molecule has 0 radical (unpaired) electrons. The molecular formula is C16H26N2O2. The highest BCUT2D eigenvalue weighted by atomic mass is 16.5. The van der Waals surface area contributed by atoms with Crippen molar-refractivity contribution in [1.82, 2.24) is 10.2 Å². The van der Waals surface area contributed by atoms with Gasteiger partial charge in [0.05, 0.1) is 18.8 Å². The van der Waals surface area contributed by atoms with Crippen LogP contribution in [0.4, 0.5) is 0 Å². The van der Waals surface area contributed by atoms with Gasteiger partial charge in [-0.2, -0.15) is 0 Å². The van der Waals surface area contributed by atoms with E-state index in [4.69, 9.17) is 9.15 Å². The van der Waals surface area contributed by atoms with Crippen molar-refractivity contribution < 1.29 is 9.15 Å². The van der Waals surface area contributed by atoms with Gasteiger partial charge in [-0.15, -0.1) is 0 Å². The minimum absolute atomic E-state index is 0.464. The quantitative estimate of drug-likeness (QED) is 0.811. The van der Waals surface area contributed by atoms with Crippen LogP contribution >= 0.6 is 0 Å². The fourth-order valence-corrected chi connectivity index (χ4v) is 3.29. The molecule has 0 saturated carbocycles. The molecule has 1 aromatic heterocycles. The Kier molecular flexibility index (Phi) is 4.44. The molecule has 2 aliphatic rings. The van der Waals surface area contributed by atoms with Crippen molar-refractivity contribution >= 4 is 0 Å². The van der Waals surface area contributed by atoms with Gasteiger partial charge in [-0.05, 0) is 38.8 Å². The second-order valence-corrected chi connectivity index (χ2v) is 6.12. The number of hydrogen-bond acceptors (Lipinski definition) is 4. The Morgan fingerprint density at radius 3 is 2.75 bits per heavy atom. The van der Waals surface area contributed by atoms with Crippen LogP contribution in [0.15, 0.2) is 10.5 Å². The Morgan fingerprint density at radius 1 is 1.30 bits per heavy atom. The number of hydrogen-bond donors (Lipinski definition) is 1. The first-order chi connectivity index (χ1) is 9.74. The number of fused-ring (bicyclic) bond motifs is 2. The van der Waals surface area contributed by atoms with Crippen LogP contribution < -0.4 is 5.32 Å². The normalized spacial score (nSPS) is 26.3. The van der Waals surface area contributed by atoms with Crippen LogP contribution in [-0.2, 0) is 17.8 Å². The molecule has 2 fully saturated rings. The molecule has 3 heterocycles. The zero-order chi connectivity index (χ0) is 13.9. The molecule has 112 valence electrons. The van der Waals surface area contributed by atoms with Crippen molar-refractivity contribution in [3.63, 3.8) is 0 Å². The summed E-state index contributed by atoms with van der Waals surface area (Å²) in [5.74, 6) is 2.12. The second-order valence-electron chi connectivity index (χ2n) is 6.12. The zero-order valence-corrected chi connectivity index (χ0v) is 12.7. The summed E-state index contributed by atoms with van der Waals surface area (Å²) >= 11 is 0. The standard InChI is InChI=1S/C16H26N2O2/c1-3-6-17-8-16-7-13(12(2)19-16)9-18-10-14-4-5-15(11-18)20-14/h7,14-15,17H,3-6,8-11H2,1-2H3. The van der Waals surface area contributed by atoms with Crippen molar-refractivity contribution in [3.05, 3.63) is 23.2 Å². The number of furan rings is 1. The van der Waals surface area contributed by atoms with Gasteiger partial charge in [0, 0.05) is 25.2 Å². The van der Waals surface area contributed by atoms with Gasteiger partial charge in [0.1, 0.15) is 11.5 Å². The van der Waals surface area contributed by atoms with Gasteiger partial charge in [-0.3, -0.25) is 4.90 Å². The van der Waals surface area contributed by atoms with E-state index in [1.807, 2.05) is 0 Å². The molecule has 2 atom stereocenters. The van der Waals surface area contributed by atoms with Crippen LogP contribution in [0.5, 0.6) is 0 Å².